The van der Waals surface area contributed by atoms with Gasteiger partial charge in [-0.2, -0.15) is 0 Å². The van der Waals surface area contributed by atoms with Crippen molar-refractivity contribution in [2.24, 2.45) is 11.5 Å². The first kappa shape index (κ1) is 44.3. The molecule has 0 bridgehead atoms. The number of hydrogen-bond donors (Lipinski definition) is 12. The zero-order valence-electron chi connectivity index (χ0n) is 28.8. The molecule has 5 amide bonds. The maximum absolute atomic E-state index is 13.6. The summed E-state index contributed by atoms with van der Waals surface area (Å²) >= 11 is 0. The molecule has 0 saturated heterocycles. The molecule has 0 heterocycles. The molecule has 0 aliphatic carbocycles. The minimum absolute atomic E-state index is 0.197. The number of amides is 5. The van der Waals surface area contributed by atoms with E-state index in [-0.39, 0.29) is 12.8 Å². The number of aliphatic carboxylic acids is 2. The van der Waals surface area contributed by atoms with Gasteiger partial charge in [0.25, 0.3) is 0 Å². The Balaban J connectivity index is 3.29. The van der Waals surface area contributed by atoms with Crippen LogP contribution in [-0.4, -0.2) is 128 Å². The highest BCUT2D eigenvalue weighted by Gasteiger charge is 2.36. The van der Waals surface area contributed by atoms with Gasteiger partial charge in [0.2, 0.25) is 29.5 Å². The first-order valence-corrected chi connectivity index (χ1v) is 16.4. The molecule has 0 aromatic heterocycles. The second-order valence-corrected chi connectivity index (χ2v) is 12.2. The Kier molecular flexibility index (Phi) is 19.3. The van der Waals surface area contributed by atoms with Crippen molar-refractivity contribution in [2.45, 2.75) is 114 Å². The molecule has 0 unspecified atom stereocenters. The van der Waals surface area contributed by atoms with E-state index in [0.717, 1.165) is 20.8 Å². The van der Waals surface area contributed by atoms with Crippen LogP contribution in [0.4, 0.5) is 0 Å². The Labute approximate surface area is 294 Å². The molecule has 0 fully saturated rings. The number of carbonyl (C=O) groups excluding carboxylic acids is 5. The fraction of sp³-hybridized carbons (Fsp3) is 0.594. The van der Waals surface area contributed by atoms with E-state index in [1.807, 2.05) is 5.32 Å². The quantitative estimate of drug-likeness (QED) is 0.0482. The smallest absolute Gasteiger partial charge is 0.328 e. The van der Waals surface area contributed by atoms with Crippen LogP contribution in [0.5, 0.6) is 0 Å². The molecule has 286 valence electrons. The summed E-state index contributed by atoms with van der Waals surface area (Å²) in [4.78, 5) is 88.7. The molecule has 0 saturated carbocycles. The van der Waals surface area contributed by atoms with Gasteiger partial charge in [0.1, 0.15) is 24.2 Å². The SMILES string of the molecule is C[C@@H](O)[C@H](NC(=O)[C@@H](NC(=O)[C@H](Cc1ccccc1)NC(=O)[C@@H](NC(=O)[C@H](CCC(=O)O)NC(=O)[C@@H](N)CCCCN)[C@@H](C)O)[C@@H](C)O)C(=O)O. The fourth-order valence-electron chi connectivity index (χ4n) is 4.73. The van der Waals surface area contributed by atoms with Crippen molar-refractivity contribution in [3.8, 4) is 0 Å². The van der Waals surface area contributed by atoms with Gasteiger partial charge >= 0.3 is 11.9 Å². The number of aliphatic hydroxyl groups is 3. The number of carboxylic acid groups (broad SMARTS) is 2. The van der Waals surface area contributed by atoms with Gasteiger partial charge in [-0.15, -0.1) is 0 Å². The molecule has 9 atom stereocenters. The Bertz CT molecular complexity index is 1330. The maximum Gasteiger partial charge on any atom is 0.328 e. The average Bonchev–Trinajstić information content (AvgIpc) is 3.05. The van der Waals surface area contributed by atoms with E-state index in [1.54, 1.807) is 30.3 Å². The zero-order valence-corrected chi connectivity index (χ0v) is 28.8. The second-order valence-electron chi connectivity index (χ2n) is 12.2. The number of hydrogen-bond acceptors (Lipinski definition) is 12. The molecule has 0 spiro atoms. The largest absolute Gasteiger partial charge is 0.481 e. The number of nitrogens with one attached hydrogen (secondary N) is 5. The van der Waals surface area contributed by atoms with E-state index in [9.17, 15) is 59.1 Å². The van der Waals surface area contributed by atoms with Crippen molar-refractivity contribution in [3.63, 3.8) is 0 Å². The number of nitrogens with two attached hydrogens (primary N) is 2. The molecule has 1 aromatic rings. The van der Waals surface area contributed by atoms with Gasteiger partial charge in [0, 0.05) is 12.8 Å². The number of carboxylic acids is 2. The monoisotopic (exact) mass is 725 g/mol. The molecule has 0 aliphatic heterocycles. The number of unbranched alkanes of at least 4 members (excludes halogenated alkanes) is 1. The molecular weight excluding hydrogens is 674 g/mol. The normalized spacial score (nSPS) is 16.4. The van der Waals surface area contributed by atoms with Gasteiger partial charge in [-0.25, -0.2) is 4.79 Å². The fourth-order valence-corrected chi connectivity index (χ4v) is 4.73. The van der Waals surface area contributed by atoms with Crippen molar-refractivity contribution in [1.82, 2.24) is 26.6 Å². The molecule has 0 radical (unpaired) electrons. The van der Waals surface area contributed by atoms with Crippen molar-refractivity contribution < 1.29 is 59.1 Å². The lowest BCUT2D eigenvalue weighted by Crippen LogP contribution is -2.63. The topological polar surface area (TPSA) is 333 Å². The predicted octanol–water partition coefficient (Wildman–Crippen LogP) is -3.80. The first-order valence-electron chi connectivity index (χ1n) is 16.4. The van der Waals surface area contributed by atoms with Gasteiger partial charge < -0.3 is 63.6 Å². The van der Waals surface area contributed by atoms with E-state index in [1.165, 1.54) is 0 Å². The average molecular weight is 726 g/mol. The summed E-state index contributed by atoms with van der Waals surface area (Å²) in [6, 6.07) is -1.07. The lowest BCUT2D eigenvalue weighted by molar-refractivity contribution is -0.146. The van der Waals surface area contributed by atoms with Crippen molar-refractivity contribution in [3.05, 3.63) is 35.9 Å². The predicted molar refractivity (Wildman–Crippen MR) is 180 cm³/mol. The minimum Gasteiger partial charge on any atom is -0.481 e. The number of benzene rings is 1. The summed E-state index contributed by atoms with van der Waals surface area (Å²) in [5.41, 5.74) is 11.9. The maximum atomic E-state index is 13.6. The standard InChI is InChI=1S/C32H51N7O12/c1-16(40)24(37-28(46)21(12-13-23(43)44)35-27(45)20(34)11-7-8-14-33)30(48)36-22(15-19-9-5-4-6-10-19)29(47)38-25(17(2)41)31(49)39-26(18(3)42)32(50)51/h4-6,9-10,16-18,20-22,24-26,40-42H,7-8,11-15,33-34H2,1-3H3,(H,35,45)(H,36,48)(H,37,46)(H,38,47)(H,39,49)(H,43,44)(H,50,51)/t16-,17-,18-,20+,21+,22+,24+,25+,26+/m1/s1. The van der Waals surface area contributed by atoms with Gasteiger partial charge in [0.15, 0.2) is 6.04 Å². The Hall–Kier alpha value is -4.69. The van der Waals surface area contributed by atoms with Gasteiger partial charge in [-0.05, 0) is 52.1 Å². The summed E-state index contributed by atoms with van der Waals surface area (Å²) in [6.07, 6.45) is -4.49. The van der Waals surface area contributed by atoms with Gasteiger partial charge in [0.05, 0.1) is 24.4 Å². The summed E-state index contributed by atoms with van der Waals surface area (Å²) in [7, 11) is 0. The molecule has 0 aliphatic rings. The highest BCUT2D eigenvalue weighted by atomic mass is 16.4. The lowest BCUT2D eigenvalue weighted by Gasteiger charge is -2.29. The third kappa shape index (κ3) is 15.8. The van der Waals surface area contributed by atoms with Crippen LogP contribution in [0.1, 0.15) is 58.4 Å². The Morgan fingerprint density at radius 1 is 0.627 bits per heavy atom. The van der Waals surface area contributed by atoms with Crippen molar-refractivity contribution in [2.75, 3.05) is 6.54 Å². The van der Waals surface area contributed by atoms with E-state index in [4.69, 9.17) is 11.5 Å². The highest BCUT2D eigenvalue weighted by Crippen LogP contribution is 2.08. The number of aliphatic hydroxyl groups excluding tert-OH is 3. The molecule has 14 N–H and O–H groups in total. The second kappa shape index (κ2) is 22.2. The van der Waals surface area contributed by atoms with Crippen LogP contribution in [0.2, 0.25) is 0 Å². The minimum atomic E-state index is -1.78. The summed E-state index contributed by atoms with van der Waals surface area (Å²) < 4.78 is 0. The van der Waals surface area contributed by atoms with Crippen LogP contribution in [0, 0.1) is 0 Å². The Morgan fingerprint density at radius 3 is 1.57 bits per heavy atom. The van der Waals surface area contributed by atoms with E-state index in [0.29, 0.717) is 24.9 Å². The van der Waals surface area contributed by atoms with Crippen molar-refractivity contribution in [1.29, 1.82) is 0 Å². The number of carbonyl (C=O) groups is 7. The van der Waals surface area contributed by atoms with E-state index >= 15 is 0 Å². The zero-order chi connectivity index (χ0) is 38.8. The summed E-state index contributed by atoms with van der Waals surface area (Å²) in [5, 5.41) is 60.4. The summed E-state index contributed by atoms with van der Waals surface area (Å²) in [6.45, 7) is 3.78. The third-order valence-corrected chi connectivity index (χ3v) is 7.67. The van der Waals surface area contributed by atoms with Crippen LogP contribution in [0.25, 0.3) is 0 Å². The highest BCUT2D eigenvalue weighted by molar-refractivity contribution is 5.97. The van der Waals surface area contributed by atoms with Crippen LogP contribution in [0.3, 0.4) is 0 Å². The van der Waals surface area contributed by atoms with E-state index in [2.05, 4.69) is 21.3 Å². The summed E-state index contributed by atoms with van der Waals surface area (Å²) in [5.74, 6) is -7.90. The molecule has 51 heavy (non-hydrogen) atoms. The molecular formula is C32H51N7O12. The first-order chi connectivity index (χ1) is 23.9. The number of rotatable bonds is 23. The molecule has 19 heteroatoms. The molecule has 1 rings (SSSR count). The van der Waals surface area contributed by atoms with Gasteiger partial charge in [-0.3, -0.25) is 28.8 Å². The lowest BCUT2D eigenvalue weighted by atomic mass is 10.0. The van der Waals surface area contributed by atoms with Crippen LogP contribution < -0.4 is 38.1 Å². The van der Waals surface area contributed by atoms with Crippen LogP contribution in [0.15, 0.2) is 30.3 Å². The van der Waals surface area contributed by atoms with Crippen LogP contribution in [-0.2, 0) is 40.0 Å². The molecule has 1 aromatic carbocycles. The van der Waals surface area contributed by atoms with Crippen molar-refractivity contribution >= 4 is 41.5 Å². The third-order valence-electron chi connectivity index (χ3n) is 7.67. The van der Waals surface area contributed by atoms with Crippen LogP contribution >= 0.6 is 0 Å². The van der Waals surface area contributed by atoms with E-state index < -0.39 is 109 Å². The Morgan fingerprint density at radius 2 is 1.10 bits per heavy atom. The van der Waals surface area contributed by atoms with Gasteiger partial charge in [-0.1, -0.05) is 36.8 Å². The molecule has 19 nitrogen and oxygen atoms in total.